The molecular weight excluding hydrogens is 219 g/mol. The number of rotatable bonds is 5. The summed E-state index contributed by atoms with van der Waals surface area (Å²) in [6, 6.07) is 4.49. The molecule has 1 atom stereocenters. The summed E-state index contributed by atoms with van der Waals surface area (Å²) in [5.74, 6) is -0.469. The van der Waals surface area contributed by atoms with Crippen molar-refractivity contribution in [3.63, 3.8) is 0 Å². The number of aliphatic hydroxyl groups is 2. The van der Waals surface area contributed by atoms with E-state index in [-0.39, 0.29) is 11.6 Å². The van der Waals surface area contributed by atoms with Gasteiger partial charge in [0.05, 0.1) is 11.1 Å². The van der Waals surface area contributed by atoms with Crippen molar-refractivity contribution in [3.05, 3.63) is 34.6 Å². The van der Waals surface area contributed by atoms with Crippen molar-refractivity contribution in [1.82, 2.24) is 0 Å². The summed E-state index contributed by atoms with van der Waals surface area (Å²) in [5.41, 5.74) is 0.710. The zero-order valence-electron chi connectivity index (χ0n) is 8.29. The van der Waals surface area contributed by atoms with E-state index in [9.17, 15) is 9.50 Å². The van der Waals surface area contributed by atoms with Crippen molar-refractivity contribution < 1.29 is 14.6 Å². The summed E-state index contributed by atoms with van der Waals surface area (Å²) in [7, 11) is 0. The minimum atomic E-state index is -0.544. The van der Waals surface area contributed by atoms with Gasteiger partial charge >= 0.3 is 0 Å². The third-order valence-corrected chi connectivity index (χ3v) is 2.46. The van der Waals surface area contributed by atoms with E-state index in [1.807, 2.05) is 0 Å². The molecule has 1 unspecified atom stereocenters. The molecule has 1 rings (SSSR count). The molecule has 2 N–H and O–H groups in total. The number of hydrogen-bond donors (Lipinski definition) is 2. The molecular formula is C11H14ClFO2. The molecule has 0 aliphatic rings. The van der Waals surface area contributed by atoms with Gasteiger partial charge in [-0.3, -0.25) is 0 Å². The van der Waals surface area contributed by atoms with Crippen molar-refractivity contribution in [2.24, 2.45) is 0 Å². The molecule has 84 valence electrons. The average molecular weight is 233 g/mol. The number of halogens is 2. The van der Waals surface area contributed by atoms with E-state index in [1.165, 1.54) is 12.1 Å². The Kier molecular flexibility index (Phi) is 5.02. The fourth-order valence-corrected chi connectivity index (χ4v) is 1.49. The third kappa shape index (κ3) is 4.16. The van der Waals surface area contributed by atoms with E-state index in [2.05, 4.69) is 0 Å². The lowest BCUT2D eigenvalue weighted by atomic mass is 10.0. The van der Waals surface area contributed by atoms with Gasteiger partial charge in [0.15, 0.2) is 0 Å². The van der Waals surface area contributed by atoms with Gasteiger partial charge in [-0.25, -0.2) is 4.39 Å². The quantitative estimate of drug-likeness (QED) is 0.817. The summed E-state index contributed by atoms with van der Waals surface area (Å²) in [5, 5.41) is 18.2. The Balaban J connectivity index is 2.53. The normalized spacial score (nSPS) is 12.8. The minimum absolute atomic E-state index is 0.0615. The van der Waals surface area contributed by atoms with Gasteiger partial charge < -0.3 is 10.2 Å². The van der Waals surface area contributed by atoms with Crippen molar-refractivity contribution in [3.8, 4) is 0 Å². The van der Waals surface area contributed by atoms with Gasteiger partial charge in [0.1, 0.15) is 5.82 Å². The number of hydrogen-bond acceptors (Lipinski definition) is 2. The summed E-state index contributed by atoms with van der Waals surface area (Å²) in [6.45, 7) is 0.0615. The highest BCUT2D eigenvalue weighted by atomic mass is 35.5. The zero-order chi connectivity index (χ0) is 11.3. The topological polar surface area (TPSA) is 40.5 Å². The van der Waals surface area contributed by atoms with Gasteiger partial charge in [-0.15, -0.1) is 0 Å². The maximum absolute atomic E-state index is 13.0. The first-order valence-corrected chi connectivity index (χ1v) is 5.24. The van der Waals surface area contributed by atoms with Crippen LogP contribution in [0.5, 0.6) is 0 Å². The maximum Gasteiger partial charge on any atom is 0.142 e. The fraction of sp³-hybridized carbons (Fsp3) is 0.455. The molecule has 15 heavy (non-hydrogen) atoms. The van der Waals surface area contributed by atoms with E-state index in [0.717, 1.165) is 0 Å². The van der Waals surface area contributed by atoms with Gasteiger partial charge in [-0.05, 0) is 37.0 Å². The lowest BCUT2D eigenvalue weighted by molar-refractivity contribution is 0.150. The molecule has 0 saturated heterocycles. The highest BCUT2D eigenvalue weighted by Gasteiger charge is 2.07. The molecule has 0 amide bonds. The number of benzene rings is 1. The monoisotopic (exact) mass is 232 g/mol. The molecule has 4 heteroatoms. The van der Waals surface area contributed by atoms with E-state index < -0.39 is 11.9 Å². The molecule has 0 saturated carbocycles. The molecule has 0 bridgehead atoms. The van der Waals surface area contributed by atoms with Crippen LogP contribution in [-0.4, -0.2) is 22.9 Å². The SMILES string of the molecule is OCCCC(O)Cc1ccc(Cl)c(F)c1. The molecule has 0 radical (unpaired) electrons. The van der Waals surface area contributed by atoms with Gasteiger partial charge in [-0.1, -0.05) is 17.7 Å². The molecule has 0 aromatic heterocycles. The molecule has 0 aliphatic heterocycles. The second-order valence-electron chi connectivity index (χ2n) is 3.47. The van der Waals surface area contributed by atoms with Gasteiger partial charge in [0.2, 0.25) is 0 Å². The van der Waals surface area contributed by atoms with Crippen LogP contribution in [0.1, 0.15) is 18.4 Å². The first-order valence-electron chi connectivity index (χ1n) is 4.86. The first-order chi connectivity index (χ1) is 7.13. The number of aliphatic hydroxyl groups excluding tert-OH is 2. The van der Waals surface area contributed by atoms with Crippen LogP contribution in [0.3, 0.4) is 0 Å². The van der Waals surface area contributed by atoms with Crippen LogP contribution in [-0.2, 0) is 6.42 Å². The second-order valence-corrected chi connectivity index (χ2v) is 3.88. The Morgan fingerprint density at radius 1 is 1.40 bits per heavy atom. The standard InChI is InChI=1S/C11H14ClFO2/c12-10-4-3-8(7-11(10)13)6-9(15)2-1-5-14/h3-4,7,9,14-15H,1-2,5-6H2. The van der Waals surface area contributed by atoms with E-state index in [4.69, 9.17) is 16.7 Å². The molecule has 2 nitrogen and oxygen atoms in total. The summed E-state index contributed by atoms with van der Waals surface area (Å²) in [4.78, 5) is 0. The summed E-state index contributed by atoms with van der Waals surface area (Å²) >= 11 is 5.53. The molecule has 0 aliphatic carbocycles. The van der Waals surface area contributed by atoms with E-state index >= 15 is 0 Å². The summed E-state index contributed by atoms with van der Waals surface area (Å²) < 4.78 is 13.0. The Bertz CT molecular complexity index is 317. The molecule has 0 fully saturated rings. The lowest BCUT2D eigenvalue weighted by Crippen LogP contribution is -2.11. The Morgan fingerprint density at radius 2 is 2.13 bits per heavy atom. The second kappa shape index (κ2) is 6.05. The van der Waals surface area contributed by atoms with Crippen LogP contribution in [0, 0.1) is 5.82 Å². The third-order valence-electron chi connectivity index (χ3n) is 2.15. The zero-order valence-corrected chi connectivity index (χ0v) is 9.04. The van der Waals surface area contributed by atoms with E-state index in [0.29, 0.717) is 24.8 Å². The van der Waals surface area contributed by atoms with Crippen LogP contribution in [0.2, 0.25) is 5.02 Å². The van der Waals surface area contributed by atoms with Crippen molar-refractivity contribution >= 4 is 11.6 Å². The van der Waals surface area contributed by atoms with Crippen molar-refractivity contribution in [2.75, 3.05) is 6.61 Å². The van der Waals surface area contributed by atoms with Gasteiger partial charge in [-0.2, -0.15) is 0 Å². The molecule has 1 aromatic carbocycles. The smallest absolute Gasteiger partial charge is 0.142 e. The van der Waals surface area contributed by atoms with Gasteiger partial charge in [0, 0.05) is 6.61 Å². The average Bonchev–Trinajstić information content (AvgIpc) is 2.20. The summed E-state index contributed by atoms with van der Waals surface area (Å²) in [6.07, 6.45) is 0.907. The minimum Gasteiger partial charge on any atom is -0.396 e. The van der Waals surface area contributed by atoms with Crippen LogP contribution < -0.4 is 0 Å². The van der Waals surface area contributed by atoms with Crippen molar-refractivity contribution in [2.45, 2.75) is 25.4 Å². The van der Waals surface area contributed by atoms with Crippen molar-refractivity contribution in [1.29, 1.82) is 0 Å². The lowest BCUT2D eigenvalue weighted by Gasteiger charge is -2.09. The van der Waals surface area contributed by atoms with Crippen LogP contribution in [0.15, 0.2) is 18.2 Å². The maximum atomic E-state index is 13.0. The predicted octanol–water partition coefficient (Wildman–Crippen LogP) is 2.16. The largest absolute Gasteiger partial charge is 0.396 e. The Labute approximate surface area is 93.3 Å². The molecule has 0 spiro atoms. The van der Waals surface area contributed by atoms with Crippen LogP contribution in [0.25, 0.3) is 0 Å². The van der Waals surface area contributed by atoms with E-state index in [1.54, 1.807) is 6.07 Å². The molecule has 0 heterocycles. The first kappa shape index (κ1) is 12.4. The predicted molar refractivity (Wildman–Crippen MR) is 57.4 cm³/mol. The molecule has 1 aromatic rings. The van der Waals surface area contributed by atoms with Crippen LogP contribution in [0.4, 0.5) is 4.39 Å². The Morgan fingerprint density at radius 3 is 2.73 bits per heavy atom. The highest BCUT2D eigenvalue weighted by Crippen LogP contribution is 2.17. The highest BCUT2D eigenvalue weighted by molar-refractivity contribution is 6.30. The fourth-order valence-electron chi connectivity index (χ4n) is 1.37. The van der Waals surface area contributed by atoms with Gasteiger partial charge in [0.25, 0.3) is 0 Å². The van der Waals surface area contributed by atoms with Crippen LogP contribution >= 0.6 is 11.6 Å². The Hall–Kier alpha value is -0.640.